The molecule has 0 radical (unpaired) electrons. The Kier molecular flexibility index (Phi) is 5.19. The monoisotopic (exact) mass is 541 g/mol. The minimum Gasteiger partial charge on any atom is -0.371 e. The number of carbonyl (C=O) groups is 2. The van der Waals surface area contributed by atoms with Gasteiger partial charge in [0, 0.05) is 52.7 Å². The molecule has 3 fully saturated rings. The maximum Gasteiger partial charge on any atom is 0.240 e. The summed E-state index contributed by atoms with van der Waals surface area (Å²) in [5, 5.41) is 1.60. The maximum absolute atomic E-state index is 14.1. The van der Waals surface area contributed by atoms with Gasteiger partial charge in [-0.25, -0.2) is 4.90 Å². The number of anilines is 2. The van der Waals surface area contributed by atoms with Crippen molar-refractivity contribution in [3.8, 4) is 0 Å². The zero-order valence-electron chi connectivity index (χ0n) is 18.1. The summed E-state index contributed by atoms with van der Waals surface area (Å²) in [6.07, 6.45) is 0.510. The van der Waals surface area contributed by atoms with Gasteiger partial charge in [0.1, 0.15) is 0 Å². The fourth-order valence-corrected chi connectivity index (χ4v) is 8.02. The van der Waals surface area contributed by atoms with Crippen molar-refractivity contribution in [2.45, 2.75) is 18.0 Å². The number of fused-ring (bicyclic) bond motifs is 7. The molecule has 0 bridgehead atoms. The van der Waals surface area contributed by atoms with Crippen molar-refractivity contribution in [2.24, 2.45) is 17.8 Å². The number of halogens is 5. The number of benzene rings is 2. The van der Waals surface area contributed by atoms with Crippen molar-refractivity contribution in [2.75, 3.05) is 36.6 Å². The van der Waals surface area contributed by atoms with E-state index in [2.05, 4.69) is 4.90 Å². The minimum atomic E-state index is -0.845. The van der Waals surface area contributed by atoms with E-state index in [9.17, 15) is 14.0 Å². The van der Waals surface area contributed by atoms with Crippen LogP contribution in [0.2, 0.25) is 20.1 Å². The Hall–Kier alpha value is -1.57. The smallest absolute Gasteiger partial charge is 0.240 e. The zero-order valence-corrected chi connectivity index (χ0v) is 21.1. The predicted octanol–water partition coefficient (Wildman–Crippen LogP) is 5.42. The van der Waals surface area contributed by atoms with Gasteiger partial charge in [0.25, 0.3) is 0 Å². The molecule has 6 rings (SSSR count). The average Bonchev–Trinajstić information content (AvgIpc) is 3.43. The Morgan fingerprint density at radius 1 is 1.00 bits per heavy atom. The first-order chi connectivity index (χ1) is 16.2. The third-order valence-electron chi connectivity index (χ3n) is 7.90. The minimum absolute atomic E-state index is 0.204. The first-order valence-electron chi connectivity index (χ1n) is 11.0. The molecule has 0 saturated carbocycles. The lowest BCUT2D eigenvalue weighted by Gasteiger charge is -2.39. The largest absolute Gasteiger partial charge is 0.371 e. The molecule has 4 aliphatic rings. The molecule has 10 heteroatoms. The molecule has 178 valence electrons. The lowest BCUT2D eigenvalue weighted by Crippen LogP contribution is -2.52. The van der Waals surface area contributed by atoms with Gasteiger partial charge >= 0.3 is 0 Å². The third kappa shape index (κ3) is 2.89. The summed E-state index contributed by atoms with van der Waals surface area (Å²) in [6, 6.07) is 7.94. The third-order valence-corrected chi connectivity index (χ3v) is 8.84. The number of amides is 2. The van der Waals surface area contributed by atoms with Crippen LogP contribution in [-0.2, 0) is 15.1 Å². The van der Waals surface area contributed by atoms with Crippen molar-refractivity contribution < 1.29 is 14.0 Å². The Balaban J connectivity index is 1.56. The summed E-state index contributed by atoms with van der Waals surface area (Å²) in [4.78, 5) is 33.3. The topological polar surface area (TPSA) is 43.9 Å². The lowest BCUT2D eigenvalue weighted by molar-refractivity contribution is -0.125. The standard InChI is InChI=1S/C24H20Cl4FN3O2/c1-30-10-24(16-6-14(27)7-17(28)21(16)30)20-19(18-2-11(8-29)9-31(18)24)22(33)32(23(20)34)15-4-12(25)3-13(26)5-15/h3-7,11,18-20H,2,8-10H2,1H3/t11-,18?,19?,20?,24?/m1/s1. The average molecular weight is 543 g/mol. The molecule has 4 unspecified atom stereocenters. The fraction of sp³-hybridized carbons (Fsp3) is 0.417. The van der Waals surface area contributed by atoms with Gasteiger partial charge in [-0.15, -0.1) is 0 Å². The fourth-order valence-electron chi connectivity index (χ4n) is 6.87. The predicted molar refractivity (Wildman–Crippen MR) is 132 cm³/mol. The van der Waals surface area contributed by atoms with E-state index < -0.39 is 24.0 Å². The second-order valence-electron chi connectivity index (χ2n) is 9.68. The SMILES string of the molecule is CN1CC2(c3cc(Cl)cc(Cl)c31)C1C(=O)N(c3cc(Cl)cc(Cl)c3)C(=O)C1C1C[C@H](CF)CN12. The van der Waals surface area contributed by atoms with Crippen LogP contribution in [0.1, 0.15) is 12.0 Å². The molecule has 4 aliphatic heterocycles. The van der Waals surface area contributed by atoms with Crippen molar-refractivity contribution in [3.05, 3.63) is 56.0 Å². The van der Waals surface area contributed by atoms with Crippen molar-refractivity contribution in [1.29, 1.82) is 0 Å². The quantitative estimate of drug-likeness (QED) is 0.475. The summed E-state index contributed by atoms with van der Waals surface area (Å²) in [6.45, 7) is 0.437. The van der Waals surface area contributed by atoms with Crippen LogP contribution < -0.4 is 9.80 Å². The number of hydrogen-bond acceptors (Lipinski definition) is 4. The summed E-state index contributed by atoms with van der Waals surface area (Å²) in [5.41, 5.74) is 1.11. The Labute approximate surface area is 216 Å². The number of likely N-dealkylation sites (N-methyl/N-ethyl adjacent to an activating group) is 1. The second kappa shape index (κ2) is 7.71. The van der Waals surface area contributed by atoms with Crippen LogP contribution in [0.3, 0.4) is 0 Å². The highest BCUT2D eigenvalue weighted by Gasteiger charge is 2.73. The molecule has 1 spiro atoms. The van der Waals surface area contributed by atoms with Crippen LogP contribution >= 0.6 is 46.4 Å². The van der Waals surface area contributed by atoms with Crippen LogP contribution in [0.25, 0.3) is 0 Å². The highest BCUT2D eigenvalue weighted by atomic mass is 35.5. The molecule has 2 amide bonds. The van der Waals surface area contributed by atoms with Gasteiger partial charge in [-0.1, -0.05) is 46.4 Å². The summed E-state index contributed by atoms with van der Waals surface area (Å²) in [7, 11) is 1.91. The van der Waals surface area contributed by atoms with Gasteiger partial charge in [0.2, 0.25) is 11.8 Å². The van der Waals surface area contributed by atoms with Gasteiger partial charge in [-0.05, 0) is 36.8 Å². The lowest BCUT2D eigenvalue weighted by atomic mass is 9.75. The normalized spacial score (nSPS) is 32.2. The van der Waals surface area contributed by atoms with Crippen LogP contribution in [0.15, 0.2) is 30.3 Å². The molecule has 2 aromatic rings. The van der Waals surface area contributed by atoms with Gasteiger partial charge in [0.15, 0.2) is 0 Å². The maximum atomic E-state index is 14.1. The molecule has 3 saturated heterocycles. The number of imide groups is 1. The van der Waals surface area contributed by atoms with E-state index in [-0.39, 0.29) is 23.8 Å². The molecule has 4 heterocycles. The molecule has 34 heavy (non-hydrogen) atoms. The van der Waals surface area contributed by atoms with Gasteiger partial charge in [-0.3, -0.25) is 18.9 Å². The van der Waals surface area contributed by atoms with Crippen LogP contribution in [0.5, 0.6) is 0 Å². The zero-order chi connectivity index (χ0) is 24.1. The molecule has 0 aliphatic carbocycles. The van der Waals surface area contributed by atoms with Gasteiger partial charge in [0.05, 0.1) is 40.4 Å². The molecule has 5 atom stereocenters. The number of hydrogen-bond donors (Lipinski definition) is 0. The molecule has 2 aromatic carbocycles. The van der Waals surface area contributed by atoms with E-state index in [1.165, 1.54) is 4.90 Å². The van der Waals surface area contributed by atoms with Crippen LogP contribution in [0, 0.1) is 17.8 Å². The van der Waals surface area contributed by atoms with E-state index in [4.69, 9.17) is 46.4 Å². The van der Waals surface area contributed by atoms with Crippen LogP contribution in [0.4, 0.5) is 15.8 Å². The van der Waals surface area contributed by atoms with Crippen molar-refractivity contribution in [1.82, 2.24) is 4.90 Å². The Bertz CT molecular complexity index is 1240. The first-order valence-corrected chi connectivity index (χ1v) is 12.6. The first kappa shape index (κ1) is 22.9. The summed E-state index contributed by atoms with van der Waals surface area (Å²) < 4.78 is 13.9. The van der Waals surface area contributed by atoms with E-state index in [0.29, 0.717) is 45.3 Å². The Morgan fingerprint density at radius 2 is 1.68 bits per heavy atom. The summed E-state index contributed by atoms with van der Waals surface area (Å²) in [5.74, 6) is -2.09. The highest BCUT2D eigenvalue weighted by Crippen LogP contribution is 2.63. The molecular formula is C24H20Cl4FN3O2. The van der Waals surface area contributed by atoms with E-state index in [1.54, 1.807) is 24.3 Å². The molecule has 0 N–H and O–H groups in total. The number of carbonyl (C=O) groups excluding carboxylic acids is 2. The highest BCUT2D eigenvalue weighted by molar-refractivity contribution is 6.37. The second-order valence-corrected chi connectivity index (χ2v) is 11.4. The van der Waals surface area contributed by atoms with Gasteiger partial charge < -0.3 is 4.90 Å². The summed E-state index contributed by atoms with van der Waals surface area (Å²) >= 11 is 25.4. The van der Waals surface area contributed by atoms with Crippen molar-refractivity contribution in [3.63, 3.8) is 0 Å². The van der Waals surface area contributed by atoms with Gasteiger partial charge in [-0.2, -0.15) is 0 Å². The van der Waals surface area contributed by atoms with E-state index in [1.807, 2.05) is 18.0 Å². The van der Waals surface area contributed by atoms with E-state index in [0.717, 1.165) is 11.3 Å². The Morgan fingerprint density at radius 3 is 2.35 bits per heavy atom. The van der Waals surface area contributed by atoms with Crippen molar-refractivity contribution >= 4 is 69.6 Å². The molecular weight excluding hydrogens is 523 g/mol. The van der Waals surface area contributed by atoms with Crippen LogP contribution in [-0.4, -0.2) is 49.6 Å². The molecule has 5 nitrogen and oxygen atoms in total. The number of nitrogens with zero attached hydrogens (tertiary/aromatic N) is 3. The number of alkyl halides is 1. The molecule has 0 aromatic heterocycles. The number of rotatable bonds is 2. The van der Waals surface area contributed by atoms with E-state index >= 15 is 0 Å².